The van der Waals surface area contributed by atoms with Gasteiger partial charge in [0.25, 0.3) is 10.1 Å². The van der Waals surface area contributed by atoms with Crippen molar-refractivity contribution in [3.63, 3.8) is 0 Å². The lowest BCUT2D eigenvalue weighted by molar-refractivity contribution is 0.360. The van der Waals surface area contributed by atoms with E-state index in [0.717, 1.165) is 6.20 Å². The summed E-state index contributed by atoms with van der Waals surface area (Å²) in [6, 6.07) is 2.75. The molecule has 1 aromatic rings. The van der Waals surface area contributed by atoms with Gasteiger partial charge in [0.1, 0.15) is 5.66 Å². The first-order valence-electron chi connectivity index (χ1n) is 4.10. The minimum absolute atomic E-state index is 0.0634. The molecule has 1 aromatic heterocycles. The normalized spacial score (nSPS) is 14.7. The molecule has 9 heteroatoms. The molecule has 1 atom stereocenters. The third kappa shape index (κ3) is 3.99. The van der Waals surface area contributed by atoms with Gasteiger partial charge in [0, 0.05) is 12.4 Å². The fraction of sp³-hybridized carbons (Fsp3) is 0.286. The lowest BCUT2D eigenvalue weighted by atomic mass is 10.2. The SMILES string of the molecule is O=P(O)(O)C(CS(=O)(=O)O)c1cccnc1. The molecule has 16 heavy (non-hydrogen) atoms. The maximum absolute atomic E-state index is 11.1. The second-order valence-electron chi connectivity index (χ2n) is 3.14. The van der Waals surface area contributed by atoms with Crippen LogP contribution in [0.2, 0.25) is 0 Å². The first kappa shape index (κ1) is 13.3. The van der Waals surface area contributed by atoms with E-state index in [4.69, 9.17) is 14.3 Å². The molecule has 0 aliphatic rings. The third-order valence-electron chi connectivity index (χ3n) is 1.84. The molecular formula is C7H10NO6PS. The number of rotatable bonds is 4. The Balaban J connectivity index is 3.13. The molecule has 1 heterocycles. The number of nitrogens with zero attached hydrogens (tertiary/aromatic N) is 1. The van der Waals surface area contributed by atoms with Gasteiger partial charge >= 0.3 is 7.60 Å². The summed E-state index contributed by atoms with van der Waals surface area (Å²) in [5.41, 5.74) is -1.54. The molecule has 0 fully saturated rings. The summed E-state index contributed by atoms with van der Waals surface area (Å²) in [6.45, 7) is 0. The van der Waals surface area contributed by atoms with Gasteiger partial charge in [-0.25, -0.2) is 0 Å². The van der Waals surface area contributed by atoms with Crippen LogP contribution in [0.1, 0.15) is 11.2 Å². The molecule has 1 rings (SSSR count). The number of hydrogen-bond donors (Lipinski definition) is 3. The first-order valence-corrected chi connectivity index (χ1v) is 7.39. The maximum atomic E-state index is 11.1. The van der Waals surface area contributed by atoms with Crippen LogP contribution in [0.25, 0.3) is 0 Å². The zero-order valence-corrected chi connectivity index (χ0v) is 9.67. The highest BCUT2D eigenvalue weighted by Crippen LogP contribution is 2.52. The quantitative estimate of drug-likeness (QED) is 0.525. The molecule has 3 N–H and O–H groups in total. The lowest BCUT2D eigenvalue weighted by Gasteiger charge is -2.16. The topological polar surface area (TPSA) is 125 Å². The smallest absolute Gasteiger partial charge is 0.324 e. The number of pyridine rings is 1. The summed E-state index contributed by atoms with van der Waals surface area (Å²) in [6.07, 6.45) is 2.53. The van der Waals surface area contributed by atoms with Crippen LogP contribution in [0, 0.1) is 0 Å². The van der Waals surface area contributed by atoms with E-state index in [2.05, 4.69) is 4.98 Å². The molecule has 0 radical (unpaired) electrons. The van der Waals surface area contributed by atoms with Crippen LogP contribution in [0.3, 0.4) is 0 Å². The van der Waals surface area contributed by atoms with Gasteiger partial charge in [0.05, 0.1) is 5.75 Å². The first-order chi connectivity index (χ1) is 7.20. The van der Waals surface area contributed by atoms with E-state index in [0.29, 0.717) is 0 Å². The minimum Gasteiger partial charge on any atom is -0.324 e. The van der Waals surface area contributed by atoms with Gasteiger partial charge in [-0.3, -0.25) is 14.1 Å². The Hall–Kier alpha value is -0.790. The van der Waals surface area contributed by atoms with Crippen molar-refractivity contribution in [1.82, 2.24) is 4.98 Å². The van der Waals surface area contributed by atoms with Crippen molar-refractivity contribution in [2.75, 3.05) is 5.75 Å². The molecule has 0 saturated carbocycles. The van der Waals surface area contributed by atoms with Gasteiger partial charge in [-0.1, -0.05) is 6.07 Å². The number of hydrogen-bond acceptors (Lipinski definition) is 4. The summed E-state index contributed by atoms with van der Waals surface area (Å²) in [7, 11) is -9.15. The van der Waals surface area contributed by atoms with E-state index in [-0.39, 0.29) is 5.56 Å². The second kappa shape index (κ2) is 4.60. The zero-order valence-electron chi connectivity index (χ0n) is 7.96. The fourth-order valence-electron chi connectivity index (χ4n) is 1.16. The Morgan fingerprint density at radius 3 is 2.44 bits per heavy atom. The summed E-state index contributed by atoms with van der Waals surface area (Å²) >= 11 is 0. The number of aromatic nitrogens is 1. The molecule has 7 nitrogen and oxygen atoms in total. The van der Waals surface area contributed by atoms with Crippen molar-refractivity contribution < 1.29 is 27.3 Å². The molecular weight excluding hydrogens is 257 g/mol. The highest BCUT2D eigenvalue weighted by Gasteiger charge is 2.34. The highest BCUT2D eigenvalue weighted by atomic mass is 32.2. The minimum atomic E-state index is -4.67. The molecule has 0 aliphatic heterocycles. The van der Waals surface area contributed by atoms with Crippen molar-refractivity contribution in [3.05, 3.63) is 30.1 Å². The van der Waals surface area contributed by atoms with E-state index in [1.54, 1.807) is 0 Å². The monoisotopic (exact) mass is 267 g/mol. The van der Waals surface area contributed by atoms with E-state index >= 15 is 0 Å². The van der Waals surface area contributed by atoms with Crippen molar-refractivity contribution in [2.45, 2.75) is 5.66 Å². The predicted molar refractivity (Wildman–Crippen MR) is 55.4 cm³/mol. The molecule has 0 saturated heterocycles. The average Bonchev–Trinajstić information content (AvgIpc) is 2.13. The Bertz CT molecular complexity index is 495. The molecule has 1 unspecified atom stereocenters. The maximum Gasteiger partial charge on any atom is 0.334 e. The Labute approximate surface area is 92.1 Å². The standard InChI is InChI=1S/C7H10NO6PS/c9-15(10,11)7(5-16(12,13)14)6-2-1-3-8-4-6/h1-4,7H,5H2,(H2,9,10,11)(H,12,13,14). The predicted octanol–water partition coefficient (Wildman–Crippen LogP) is 0.188. The van der Waals surface area contributed by atoms with Crippen LogP contribution in [0.5, 0.6) is 0 Å². The summed E-state index contributed by atoms with van der Waals surface area (Å²) in [5, 5.41) is 0. The van der Waals surface area contributed by atoms with E-state index < -0.39 is 29.1 Å². The van der Waals surface area contributed by atoms with Crippen LogP contribution in [-0.2, 0) is 14.7 Å². The van der Waals surface area contributed by atoms with Crippen LogP contribution in [0.15, 0.2) is 24.5 Å². The van der Waals surface area contributed by atoms with Gasteiger partial charge in [0.2, 0.25) is 0 Å². The third-order valence-corrected chi connectivity index (χ3v) is 4.14. The summed E-state index contributed by atoms with van der Waals surface area (Å²) < 4.78 is 41.0. The van der Waals surface area contributed by atoms with E-state index in [1.807, 2.05) is 0 Å². The lowest BCUT2D eigenvalue weighted by Crippen LogP contribution is -2.14. The second-order valence-corrected chi connectivity index (χ2v) is 6.44. The van der Waals surface area contributed by atoms with E-state index in [9.17, 15) is 13.0 Å². The molecule has 0 amide bonds. The van der Waals surface area contributed by atoms with Crippen LogP contribution < -0.4 is 0 Å². The highest BCUT2D eigenvalue weighted by molar-refractivity contribution is 7.86. The molecule has 0 aromatic carbocycles. The zero-order chi connectivity index (χ0) is 12.4. The van der Waals surface area contributed by atoms with Crippen molar-refractivity contribution in [3.8, 4) is 0 Å². The van der Waals surface area contributed by atoms with E-state index in [1.165, 1.54) is 18.3 Å². The molecule has 0 spiro atoms. The average molecular weight is 267 g/mol. The molecule has 90 valence electrons. The summed E-state index contributed by atoms with van der Waals surface area (Å²) in [4.78, 5) is 21.6. The van der Waals surface area contributed by atoms with Gasteiger partial charge < -0.3 is 9.79 Å². The van der Waals surface area contributed by atoms with Gasteiger partial charge in [-0.2, -0.15) is 8.42 Å². The molecule has 0 bridgehead atoms. The Morgan fingerprint density at radius 1 is 1.44 bits per heavy atom. The van der Waals surface area contributed by atoms with Crippen molar-refractivity contribution in [1.29, 1.82) is 0 Å². The van der Waals surface area contributed by atoms with Crippen LogP contribution in [-0.4, -0.2) is 33.5 Å². The van der Waals surface area contributed by atoms with Crippen molar-refractivity contribution in [2.24, 2.45) is 0 Å². The van der Waals surface area contributed by atoms with Gasteiger partial charge in [-0.15, -0.1) is 0 Å². The van der Waals surface area contributed by atoms with Crippen LogP contribution >= 0.6 is 7.60 Å². The summed E-state index contributed by atoms with van der Waals surface area (Å²) in [5.74, 6) is -1.04. The Kier molecular flexibility index (Phi) is 3.82. The van der Waals surface area contributed by atoms with Crippen LogP contribution in [0.4, 0.5) is 0 Å². The van der Waals surface area contributed by atoms with Gasteiger partial charge in [0.15, 0.2) is 0 Å². The van der Waals surface area contributed by atoms with Crippen molar-refractivity contribution >= 4 is 17.7 Å². The molecule has 0 aliphatic carbocycles. The Morgan fingerprint density at radius 2 is 2.06 bits per heavy atom. The fourth-order valence-corrected chi connectivity index (χ4v) is 3.63. The van der Waals surface area contributed by atoms with Gasteiger partial charge in [-0.05, 0) is 11.6 Å². The largest absolute Gasteiger partial charge is 0.334 e.